The minimum Gasteiger partial charge on any atom is -0.298 e. The molecule has 0 radical (unpaired) electrons. The van der Waals surface area contributed by atoms with Crippen LogP contribution in [0.5, 0.6) is 0 Å². The van der Waals surface area contributed by atoms with E-state index >= 15 is 0 Å². The Bertz CT molecular complexity index is 279. The van der Waals surface area contributed by atoms with E-state index in [-0.39, 0.29) is 0 Å². The Morgan fingerprint density at radius 2 is 2.11 bits per heavy atom. The fourth-order valence-electron chi connectivity index (χ4n) is 3.83. The molecular weight excluding hydrogens is 272 g/mol. The highest BCUT2D eigenvalue weighted by Crippen LogP contribution is 2.29. The van der Waals surface area contributed by atoms with E-state index in [2.05, 4.69) is 40.2 Å². The second-order valence-electron chi connectivity index (χ2n) is 6.23. The summed E-state index contributed by atoms with van der Waals surface area (Å²) in [7, 11) is 0. The quantitative estimate of drug-likeness (QED) is 0.790. The molecule has 110 valence electrons. The predicted molar refractivity (Wildman–Crippen MR) is 88.4 cm³/mol. The number of piperazine rings is 1. The lowest BCUT2D eigenvalue weighted by Crippen LogP contribution is -2.60. The summed E-state index contributed by atoms with van der Waals surface area (Å²) in [6, 6.07) is 1.69. The Morgan fingerprint density at radius 3 is 2.89 bits per heavy atom. The maximum Gasteiger partial charge on any atom is 0.0265 e. The average Bonchev–Trinajstić information content (AvgIpc) is 2.47. The van der Waals surface area contributed by atoms with Crippen LogP contribution in [0.25, 0.3) is 0 Å². The Hall–Kier alpha value is 0.620. The van der Waals surface area contributed by atoms with Crippen molar-refractivity contribution in [1.29, 1.82) is 0 Å². The van der Waals surface area contributed by atoms with Crippen LogP contribution in [0.3, 0.4) is 0 Å². The number of hydrogen-bond acceptors (Lipinski definition) is 4. The van der Waals surface area contributed by atoms with Crippen molar-refractivity contribution in [2.75, 3.05) is 43.4 Å². The van der Waals surface area contributed by atoms with Crippen LogP contribution in [0.4, 0.5) is 0 Å². The predicted octanol–water partition coefficient (Wildman–Crippen LogP) is 2.78. The largest absolute Gasteiger partial charge is 0.298 e. The van der Waals surface area contributed by atoms with Gasteiger partial charge in [-0.25, -0.2) is 0 Å². The summed E-state index contributed by atoms with van der Waals surface area (Å²) in [4.78, 5) is 5.63. The first-order valence-electron chi connectivity index (χ1n) is 8.04. The van der Waals surface area contributed by atoms with Gasteiger partial charge in [0.15, 0.2) is 0 Å². The molecule has 3 aliphatic heterocycles. The summed E-state index contributed by atoms with van der Waals surface area (Å²) >= 11 is 4.39. The number of hydrogen-bond donors (Lipinski definition) is 0. The Balaban J connectivity index is 1.58. The van der Waals surface area contributed by atoms with Gasteiger partial charge < -0.3 is 0 Å². The van der Waals surface area contributed by atoms with Gasteiger partial charge in [-0.1, -0.05) is 13.3 Å². The highest BCUT2D eigenvalue weighted by Gasteiger charge is 2.35. The highest BCUT2D eigenvalue weighted by atomic mass is 32.2. The van der Waals surface area contributed by atoms with Crippen molar-refractivity contribution in [2.24, 2.45) is 0 Å². The summed E-state index contributed by atoms with van der Waals surface area (Å²) in [5.74, 6) is 4.12. The van der Waals surface area contributed by atoms with Crippen LogP contribution < -0.4 is 0 Å². The van der Waals surface area contributed by atoms with Gasteiger partial charge in [-0.05, 0) is 25.8 Å². The molecule has 0 aromatic rings. The lowest BCUT2D eigenvalue weighted by molar-refractivity contribution is 0.00860. The molecule has 2 nitrogen and oxygen atoms in total. The molecule has 0 bridgehead atoms. The molecule has 0 N–H and O–H groups in total. The van der Waals surface area contributed by atoms with Gasteiger partial charge in [-0.3, -0.25) is 9.80 Å². The molecule has 0 amide bonds. The van der Waals surface area contributed by atoms with E-state index in [0.29, 0.717) is 0 Å². The summed E-state index contributed by atoms with van der Waals surface area (Å²) in [6.45, 7) is 7.78. The topological polar surface area (TPSA) is 6.48 Å². The van der Waals surface area contributed by atoms with E-state index in [1.807, 2.05) is 0 Å². The molecule has 3 atom stereocenters. The van der Waals surface area contributed by atoms with Crippen LogP contribution in [0.1, 0.15) is 32.6 Å². The molecule has 0 aromatic carbocycles. The van der Waals surface area contributed by atoms with Crippen LogP contribution in [0.2, 0.25) is 0 Å². The number of rotatable bonds is 3. The summed E-state index contributed by atoms with van der Waals surface area (Å²) in [5, 5.41) is 0.892. The normalized spacial score (nSPS) is 38.1. The van der Waals surface area contributed by atoms with E-state index in [1.165, 1.54) is 69.1 Å². The number of thioether (sulfide) groups is 2. The average molecular weight is 301 g/mol. The van der Waals surface area contributed by atoms with Gasteiger partial charge in [0.05, 0.1) is 0 Å². The van der Waals surface area contributed by atoms with Gasteiger partial charge in [0, 0.05) is 54.2 Å². The third kappa shape index (κ3) is 3.63. The summed E-state index contributed by atoms with van der Waals surface area (Å²) in [6.07, 6.45) is 5.66. The Kier molecular flexibility index (Phi) is 5.41. The van der Waals surface area contributed by atoms with E-state index in [4.69, 9.17) is 0 Å². The third-order valence-corrected chi connectivity index (χ3v) is 7.78. The standard InChI is InChI=1S/C15H28N2S2/c1-2-13-9-16-6-4-3-5-14(16)10-17(13)11-15-12-18-7-8-19-15/h13-15H,2-12H2,1H3. The fourth-order valence-corrected chi connectivity index (χ4v) is 6.52. The van der Waals surface area contributed by atoms with Crippen molar-refractivity contribution < 1.29 is 0 Å². The maximum atomic E-state index is 2.84. The molecule has 0 aromatic heterocycles. The number of fused-ring (bicyclic) bond motifs is 1. The van der Waals surface area contributed by atoms with E-state index < -0.39 is 0 Å². The third-order valence-electron chi connectivity index (χ3n) is 4.95. The van der Waals surface area contributed by atoms with Gasteiger partial charge in [-0.15, -0.1) is 0 Å². The molecule has 3 aliphatic rings. The second-order valence-corrected chi connectivity index (χ2v) is 8.79. The Morgan fingerprint density at radius 1 is 1.16 bits per heavy atom. The fraction of sp³-hybridized carbons (Fsp3) is 1.00. The van der Waals surface area contributed by atoms with Crippen LogP contribution in [0, 0.1) is 0 Å². The molecule has 3 saturated heterocycles. The number of piperidine rings is 1. The molecule has 0 saturated carbocycles. The van der Waals surface area contributed by atoms with Gasteiger partial charge in [0.25, 0.3) is 0 Å². The lowest BCUT2D eigenvalue weighted by atomic mass is 9.95. The van der Waals surface area contributed by atoms with Crippen molar-refractivity contribution >= 4 is 23.5 Å². The second kappa shape index (κ2) is 7.06. The van der Waals surface area contributed by atoms with Crippen LogP contribution in [-0.4, -0.2) is 70.6 Å². The number of nitrogens with zero attached hydrogens (tertiary/aromatic N) is 2. The first-order valence-corrected chi connectivity index (χ1v) is 10.2. The molecule has 3 unspecified atom stereocenters. The zero-order valence-corrected chi connectivity index (χ0v) is 13.9. The molecule has 0 spiro atoms. The maximum absolute atomic E-state index is 2.84. The van der Waals surface area contributed by atoms with E-state index in [0.717, 1.165) is 17.3 Å². The van der Waals surface area contributed by atoms with E-state index in [1.54, 1.807) is 0 Å². The van der Waals surface area contributed by atoms with E-state index in [9.17, 15) is 0 Å². The van der Waals surface area contributed by atoms with Crippen molar-refractivity contribution in [1.82, 2.24) is 9.80 Å². The van der Waals surface area contributed by atoms with Gasteiger partial charge in [0.1, 0.15) is 0 Å². The SMILES string of the molecule is CCC1CN2CCCCC2CN1CC1CSCCS1. The summed E-state index contributed by atoms with van der Waals surface area (Å²) in [5.41, 5.74) is 0. The van der Waals surface area contributed by atoms with Crippen molar-refractivity contribution in [3.8, 4) is 0 Å². The highest BCUT2D eigenvalue weighted by molar-refractivity contribution is 8.06. The van der Waals surface area contributed by atoms with Crippen molar-refractivity contribution in [3.05, 3.63) is 0 Å². The minimum atomic E-state index is 0.821. The van der Waals surface area contributed by atoms with Gasteiger partial charge in [-0.2, -0.15) is 23.5 Å². The molecule has 4 heteroatoms. The first kappa shape index (κ1) is 14.6. The van der Waals surface area contributed by atoms with Crippen molar-refractivity contribution in [2.45, 2.75) is 49.9 Å². The van der Waals surface area contributed by atoms with Gasteiger partial charge >= 0.3 is 0 Å². The molecule has 0 aliphatic carbocycles. The Labute approximate surface area is 127 Å². The molecule has 3 rings (SSSR count). The van der Waals surface area contributed by atoms with Crippen LogP contribution in [0.15, 0.2) is 0 Å². The van der Waals surface area contributed by atoms with Gasteiger partial charge in [0.2, 0.25) is 0 Å². The molecule has 3 heterocycles. The smallest absolute Gasteiger partial charge is 0.0265 e. The molecule has 19 heavy (non-hydrogen) atoms. The monoisotopic (exact) mass is 300 g/mol. The zero-order valence-electron chi connectivity index (χ0n) is 12.2. The van der Waals surface area contributed by atoms with Crippen LogP contribution >= 0.6 is 23.5 Å². The first-order chi connectivity index (χ1) is 9.36. The molecular formula is C15H28N2S2. The molecule has 3 fully saturated rings. The summed E-state index contributed by atoms with van der Waals surface area (Å²) < 4.78 is 0. The van der Waals surface area contributed by atoms with Crippen molar-refractivity contribution in [3.63, 3.8) is 0 Å². The zero-order chi connectivity index (χ0) is 13.1. The minimum absolute atomic E-state index is 0.821. The van der Waals surface area contributed by atoms with Crippen LogP contribution in [-0.2, 0) is 0 Å². The lowest BCUT2D eigenvalue weighted by Gasteiger charge is -2.49.